The zero-order valence-corrected chi connectivity index (χ0v) is 12.7. The molecule has 3 heterocycles. The van der Waals surface area contributed by atoms with E-state index in [9.17, 15) is 22.4 Å². The minimum absolute atomic E-state index is 0.0439. The SMILES string of the molecule is O=C(O)N1CCc2nn3c(c2C1)C(F)(F)CC[C@@H](OCC(F)F)C3. The Bertz CT molecular complexity index is 635. The highest BCUT2D eigenvalue weighted by molar-refractivity contribution is 5.65. The van der Waals surface area contributed by atoms with Gasteiger partial charge in [0, 0.05) is 24.9 Å². The summed E-state index contributed by atoms with van der Waals surface area (Å²) >= 11 is 0. The van der Waals surface area contributed by atoms with Crippen LogP contribution in [0.15, 0.2) is 0 Å². The third kappa shape index (κ3) is 3.19. The summed E-state index contributed by atoms with van der Waals surface area (Å²) in [5.41, 5.74) is 0.353. The summed E-state index contributed by atoms with van der Waals surface area (Å²) in [6.45, 7) is -0.801. The van der Waals surface area contributed by atoms with Crippen molar-refractivity contribution in [3.63, 3.8) is 0 Å². The van der Waals surface area contributed by atoms with Crippen molar-refractivity contribution in [2.45, 2.75) is 50.8 Å². The predicted octanol–water partition coefficient (Wildman–Crippen LogP) is 2.46. The van der Waals surface area contributed by atoms with Gasteiger partial charge in [0.1, 0.15) is 12.3 Å². The Balaban J connectivity index is 1.90. The molecule has 1 aromatic heterocycles. The number of amides is 1. The van der Waals surface area contributed by atoms with Crippen LogP contribution in [0.4, 0.5) is 22.4 Å². The van der Waals surface area contributed by atoms with E-state index in [-0.39, 0.29) is 43.7 Å². The van der Waals surface area contributed by atoms with E-state index >= 15 is 0 Å². The third-order valence-electron chi connectivity index (χ3n) is 4.33. The molecule has 0 radical (unpaired) electrons. The Morgan fingerprint density at radius 2 is 2.21 bits per heavy atom. The first kappa shape index (κ1) is 17.0. The monoisotopic (exact) mass is 351 g/mol. The van der Waals surface area contributed by atoms with Gasteiger partial charge in [-0.2, -0.15) is 13.9 Å². The quantitative estimate of drug-likeness (QED) is 0.850. The van der Waals surface area contributed by atoms with E-state index in [0.29, 0.717) is 5.69 Å². The molecule has 6 nitrogen and oxygen atoms in total. The molecule has 1 aromatic rings. The summed E-state index contributed by atoms with van der Waals surface area (Å²) in [4.78, 5) is 12.2. The van der Waals surface area contributed by atoms with Gasteiger partial charge in [-0.05, 0) is 6.42 Å². The van der Waals surface area contributed by atoms with Gasteiger partial charge in [0.25, 0.3) is 12.3 Å². The average molecular weight is 351 g/mol. The second-order valence-corrected chi connectivity index (χ2v) is 6.00. The van der Waals surface area contributed by atoms with Gasteiger partial charge >= 0.3 is 6.09 Å². The number of hydrogen-bond acceptors (Lipinski definition) is 3. The highest BCUT2D eigenvalue weighted by Crippen LogP contribution is 2.41. The predicted molar refractivity (Wildman–Crippen MR) is 73.2 cm³/mol. The number of carboxylic acid groups (broad SMARTS) is 1. The lowest BCUT2D eigenvalue weighted by molar-refractivity contribution is -0.0494. The standard InChI is InChI=1S/C14H17F4N3O3/c15-11(16)7-24-8-1-3-14(17,18)12-9-6-20(13(22)23)4-2-10(9)19-21(12)5-8/h8,11H,1-7H2,(H,22,23)/t8-/m1/s1. The van der Waals surface area contributed by atoms with Gasteiger partial charge in [-0.3, -0.25) is 4.68 Å². The van der Waals surface area contributed by atoms with Crippen molar-refractivity contribution in [3.05, 3.63) is 17.0 Å². The van der Waals surface area contributed by atoms with E-state index in [1.165, 1.54) is 0 Å². The Labute approximate surface area is 135 Å². The largest absolute Gasteiger partial charge is 0.465 e. The Kier molecular flexibility index (Phi) is 4.41. The fourth-order valence-corrected chi connectivity index (χ4v) is 3.22. The number of aromatic nitrogens is 2. The number of hydrogen-bond donors (Lipinski definition) is 1. The third-order valence-corrected chi connectivity index (χ3v) is 4.33. The number of rotatable bonds is 3. The number of nitrogens with zero attached hydrogens (tertiary/aromatic N) is 3. The molecule has 1 N–H and O–H groups in total. The second-order valence-electron chi connectivity index (χ2n) is 6.00. The van der Waals surface area contributed by atoms with Crippen LogP contribution >= 0.6 is 0 Å². The van der Waals surface area contributed by atoms with Crippen LogP contribution in [0.3, 0.4) is 0 Å². The van der Waals surface area contributed by atoms with Crippen molar-refractivity contribution in [1.29, 1.82) is 0 Å². The van der Waals surface area contributed by atoms with Crippen LogP contribution < -0.4 is 0 Å². The van der Waals surface area contributed by atoms with E-state index in [0.717, 1.165) is 9.58 Å². The van der Waals surface area contributed by atoms with Crippen LogP contribution in [-0.2, 0) is 30.2 Å². The van der Waals surface area contributed by atoms with Gasteiger partial charge in [-0.1, -0.05) is 0 Å². The molecule has 2 aliphatic rings. The molecular weight excluding hydrogens is 334 g/mol. The molecule has 1 amide bonds. The van der Waals surface area contributed by atoms with Gasteiger partial charge in [-0.25, -0.2) is 13.6 Å². The highest BCUT2D eigenvalue weighted by atomic mass is 19.3. The molecule has 0 saturated carbocycles. The first-order valence-electron chi connectivity index (χ1n) is 7.62. The van der Waals surface area contributed by atoms with Gasteiger partial charge < -0.3 is 14.7 Å². The molecule has 10 heteroatoms. The maximum Gasteiger partial charge on any atom is 0.407 e. The molecule has 0 saturated heterocycles. The molecule has 3 rings (SSSR count). The molecular formula is C14H17F4N3O3. The molecule has 24 heavy (non-hydrogen) atoms. The number of halogens is 4. The first-order valence-corrected chi connectivity index (χ1v) is 7.62. The summed E-state index contributed by atoms with van der Waals surface area (Å²) in [6.07, 6.45) is -4.98. The van der Waals surface area contributed by atoms with Crippen molar-refractivity contribution in [2.24, 2.45) is 0 Å². The van der Waals surface area contributed by atoms with E-state index in [4.69, 9.17) is 9.84 Å². The maximum atomic E-state index is 14.5. The topological polar surface area (TPSA) is 67.6 Å². The lowest BCUT2D eigenvalue weighted by atomic mass is 10.00. The van der Waals surface area contributed by atoms with E-state index in [1.807, 2.05) is 0 Å². The molecule has 0 aliphatic carbocycles. The molecule has 0 aromatic carbocycles. The zero-order valence-electron chi connectivity index (χ0n) is 12.7. The molecule has 1 atom stereocenters. The Morgan fingerprint density at radius 3 is 2.88 bits per heavy atom. The fraction of sp³-hybridized carbons (Fsp3) is 0.714. The molecule has 2 aliphatic heterocycles. The summed E-state index contributed by atoms with van der Waals surface area (Å²) in [5.74, 6) is -3.20. The average Bonchev–Trinajstić information content (AvgIpc) is 2.81. The van der Waals surface area contributed by atoms with Crippen LogP contribution in [0.5, 0.6) is 0 Å². The molecule has 0 spiro atoms. The minimum atomic E-state index is -3.20. The second kappa shape index (κ2) is 6.23. The Morgan fingerprint density at radius 1 is 1.46 bits per heavy atom. The van der Waals surface area contributed by atoms with Crippen LogP contribution in [0.2, 0.25) is 0 Å². The fourth-order valence-electron chi connectivity index (χ4n) is 3.22. The molecule has 0 unspecified atom stereocenters. The van der Waals surface area contributed by atoms with Gasteiger partial charge in [0.2, 0.25) is 0 Å². The number of carbonyl (C=O) groups is 1. The van der Waals surface area contributed by atoms with Crippen molar-refractivity contribution in [3.8, 4) is 0 Å². The number of alkyl halides is 4. The van der Waals surface area contributed by atoms with E-state index in [1.54, 1.807) is 0 Å². The number of fused-ring (bicyclic) bond motifs is 3. The van der Waals surface area contributed by atoms with E-state index < -0.39 is 37.6 Å². The Hall–Kier alpha value is -1.84. The summed E-state index contributed by atoms with van der Waals surface area (Å²) < 4.78 is 59.8. The molecule has 0 bridgehead atoms. The smallest absolute Gasteiger partial charge is 0.407 e. The first-order chi connectivity index (χ1) is 11.3. The van der Waals surface area contributed by atoms with Crippen molar-refractivity contribution in [2.75, 3.05) is 13.2 Å². The van der Waals surface area contributed by atoms with Gasteiger partial charge in [-0.15, -0.1) is 0 Å². The lowest BCUT2D eigenvalue weighted by Crippen LogP contribution is -2.35. The summed E-state index contributed by atoms with van der Waals surface area (Å²) in [5, 5.41) is 13.2. The molecule has 0 fully saturated rings. The van der Waals surface area contributed by atoms with Crippen molar-refractivity contribution in [1.82, 2.24) is 14.7 Å². The molecule has 134 valence electrons. The van der Waals surface area contributed by atoms with Crippen molar-refractivity contribution >= 4 is 6.09 Å². The maximum absolute atomic E-state index is 14.5. The minimum Gasteiger partial charge on any atom is -0.465 e. The normalized spacial score (nSPS) is 22.9. The van der Waals surface area contributed by atoms with Crippen LogP contribution in [0, 0.1) is 0 Å². The zero-order chi connectivity index (χ0) is 17.5. The van der Waals surface area contributed by atoms with Gasteiger partial charge in [0.05, 0.1) is 24.9 Å². The highest BCUT2D eigenvalue weighted by Gasteiger charge is 2.44. The van der Waals surface area contributed by atoms with Crippen LogP contribution in [0.1, 0.15) is 29.8 Å². The summed E-state index contributed by atoms with van der Waals surface area (Å²) in [6, 6.07) is 0. The van der Waals surface area contributed by atoms with Gasteiger partial charge in [0.15, 0.2) is 0 Å². The van der Waals surface area contributed by atoms with Crippen LogP contribution in [0.25, 0.3) is 0 Å². The lowest BCUT2D eigenvalue weighted by Gasteiger charge is -2.25. The van der Waals surface area contributed by atoms with E-state index in [2.05, 4.69) is 5.10 Å². The van der Waals surface area contributed by atoms with Crippen LogP contribution in [-0.4, -0.2) is 51.6 Å². The number of ether oxygens (including phenoxy) is 1. The summed E-state index contributed by atoms with van der Waals surface area (Å²) in [7, 11) is 0. The van der Waals surface area contributed by atoms with Crippen molar-refractivity contribution < 1.29 is 32.2 Å².